The second-order valence-electron chi connectivity index (χ2n) is 21.9. The molecule has 0 radical (unpaired) electrons. The summed E-state index contributed by atoms with van der Waals surface area (Å²) in [6.45, 7) is 15.8. The van der Waals surface area contributed by atoms with E-state index in [2.05, 4.69) is 101 Å². The third-order valence-corrected chi connectivity index (χ3v) is 26.2. The van der Waals surface area contributed by atoms with Gasteiger partial charge >= 0.3 is 20.9 Å². The molecule has 0 heterocycles. The van der Waals surface area contributed by atoms with Gasteiger partial charge in [0.25, 0.3) is 0 Å². The van der Waals surface area contributed by atoms with E-state index in [1.807, 2.05) is 48.5 Å². The van der Waals surface area contributed by atoms with Gasteiger partial charge in [-0.25, -0.2) is 9.59 Å². The Hall–Kier alpha value is -5.19. The first kappa shape index (κ1) is 54.6. The standard InChI is InChI=1S/C59H78O10Si3/c1-58(37-15-11-16-38-58)47-27-31-50(32-28-47)64-56(60)66-52-35-25-45(43-54(52)62-2)21-19-41-70(4,5)68-72(8,9)69-71(6,7)42-20-22-46-26-36-53(55(44-46)63-3)67-57(61)65-51-33-29-49(30-34-51)59(39-17-12-18-40-59)48-23-13-10-14-24-48/h10,13-14,23-36,43-44H,11-12,15-22,37-42H2,1-9H3. The average molecular weight is 1030 g/mol. The minimum atomic E-state index is -2.45. The fourth-order valence-corrected chi connectivity index (χ4v) is 25.3. The monoisotopic (exact) mass is 1030 g/mol. The van der Waals surface area contributed by atoms with E-state index < -0.39 is 37.5 Å². The molecule has 0 aromatic heterocycles. The van der Waals surface area contributed by atoms with Crippen LogP contribution in [0.1, 0.15) is 112 Å². The Morgan fingerprint density at radius 1 is 0.472 bits per heavy atom. The Balaban J connectivity index is 0.830. The lowest BCUT2D eigenvalue weighted by Gasteiger charge is -2.39. The van der Waals surface area contributed by atoms with Gasteiger partial charge < -0.3 is 36.7 Å². The average Bonchev–Trinajstić information content (AvgIpc) is 3.35. The zero-order chi connectivity index (χ0) is 51.4. The normalized spacial score (nSPS) is 15.8. The first-order valence-electron chi connectivity index (χ1n) is 26.2. The van der Waals surface area contributed by atoms with Crippen LogP contribution in [0.25, 0.3) is 0 Å². The van der Waals surface area contributed by atoms with Gasteiger partial charge in [-0.3, -0.25) is 0 Å². The number of carbonyl (C=O) groups is 2. The predicted molar refractivity (Wildman–Crippen MR) is 294 cm³/mol. The van der Waals surface area contributed by atoms with Crippen LogP contribution in [0.4, 0.5) is 9.59 Å². The van der Waals surface area contributed by atoms with E-state index in [4.69, 9.17) is 36.7 Å². The summed E-state index contributed by atoms with van der Waals surface area (Å²) in [5, 5.41) is 0. The van der Waals surface area contributed by atoms with Crippen LogP contribution in [0, 0.1) is 0 Å². The number of aryl methyl sites for hydroxylation is 2. The maximum Gasteiger partial charge on any atom is 0.519 e. The lowest BCUT2D eigenvalue weighted by Crippen LogP contribution is -2.52. The topological polar surface area (TPSA) is 108 Å². The Morgan fingerprint density at radius 3 is 1.33 bits per heavy atom. The highest BCUT2D eigenvalue weighted by Crippen LogP contribution is 2.45. The maximum absolute atomic E-state index is 13.0. The first-order valence-corrected chi connectivity index (χ1v) is 35.2. The van der Waals surface area contributed by atoms with Crippen molar-refractivity contribution >= 4 is 37.5 Å². The summed E-state index contributed by atoms with van der Waals surface area (Å²) in [4.78, 5) is 25.8. The highest BCUT2D eigenvalue weighted by atomic mass is 28.5. The summed E-state index contributed by atoms with van der Waals surface area (Å²) in [5.74, 6) is 2.48. The molecule has 5 aromatic carbocycles. The maximum atomic E-state index is 13.0. The molecule has 7 rings (SSSR count). The molecule has 2 fully saturated rings. The van der Waals surface area contributed by atoms with Crippen molar-refractivity contribution in [2.24, 2.45) is 0 Å². The predicted octanol–water partition coefficient (Wildman–Crippen LogP) is 16.0. The number of benzene rings is 5. The largest absolute Gasteiger partial charge is 0.519 e. The van der Waals surface area contributed by atoms with Gasteiger partial charge in [0.05, 0.1) is 14.2 Å². The van der Waals surface area contributed by atoms with Crippen LogP contribution < -0.4 is 28.4 Å². The molecule has 0 amide bonds. The zero-order valence-electron chi connectivity index (χ0n) is 44.4. The third-order valence-electron chi connectivity index (χ3n) is 14.7. The fourth-order valence-electron chi connectivity index (χ4n) is 11.3. The molecule has 2 aliphatic rings. The summed E-state index contributed by atoms with van der Waals surface area (Å²) in [5.41, 5.74) is 6.20. The molecule has 0 N–H and O–H groups in total. The van der Waals surface area contributed by atoms with Crippen LogP contribution in [-0.2, 0) is 31.9 Å². The van der Waals surface area contributed by atoms with Crippen molar-refractivity contribution in [3.05, 3.63) is 143 Å². The summed E-state index contributed by atoms with van der Waals surface area (Å²) in [6.07, 6.45) is 14.0. The lowest BCUT2D eigenvalue weighted by atomic mass is 9.65. The van der Waals surface area contributed by atoms with Gasteiger partial charge in [-0.2, -0.15) is 0 Å². The van der Waals surface area contributed by atoms with E-state index in [-0.39, 0.29) is 10.8 Å². The Bertz CT molecular complexity index is 2550. The van der Waals surface area contributed by atoms with Crippen LogP contribution in [0.2, 0.25) is 51.4 Å². The van der Waals surface area contributed by atoms with Gasteiger partial charge in [-0.05, 0) is 185 Å². The number of ether oxygens (including phenoxy) is 6. The molecule has 0 atom stereocenters. The van der Waals surface area contributed by atoms with Crippen molar-refractivity contribution in [1.29, 1.82) is 0 Å². The van der Waals surface area contributed by atoms with Crippen molar-refractivity contribution in [3.63, 3.8) is 0 Å². The van der Waals surface area contributed by atoms with E-state index in [1.165, 1.54) is 68.1 Å². The molecule has 0 saturated heterocycles. The van der Waals surface area contributed by atoms with Crippen LogP contribution in [0.3, 0.4) is 0 Å². The summed E-state index contributed by atoms with van der Waals surface area (Å²) >= 11 is 0. The van der Waals surface area contributed by atoms with Crippen molar-refractivity contribution < 1.29 is 46.2 Å². The minimum absolute atomic E-state index is 0.0277. The van der Waals surface area contributed by atoms with E-state index in [0.717, 1.165) is 61.7 Å². The summed E-state index contributed by atoms with van der Waals surface area (Å²) in [7, 11) is -3.45. The highest BCUT2D eigenvalue weighted by Gasteiger charge is 2.40. The lowest BCUT2D eigenvalue weighted by molar-refractivity contribution is 0.149. The smallest absolute Gasteiger partial charge is 0.493 e. The van der Waals surface area contributed by atoms with Crippen LogP contribution in [0.15, 0.2) is 115 Å². The minimum Gasteiger partial charge on any atom is -0.493 e. The van der Waals surface area contributed by atoms with Crippen LogP contribution >= 0.6 is 0 Å². The molecule has 2 aliphatic carbocycles. The molecule has 72 heavy (non-hydrogen) atoms. The fraction of sp³-hybridized carbons (Fsp3) is 0.458. The molecule has 0 spiro atoms. The SMILES string of the molecule is COc1cc(CCC[Si](C)(C)O[Si](C)(C)O[Si](C)(C)CCCc2ccc(OC(=O)Oc3ccc(C4(c5ccccc5)CCCCC4)cc3)c(OC)c2)ccc1OC(=O)Oc1ccc(C2(C)CCCCC2)cc1. The molecular weight excluding hydrogens is 953 g/mol. The van der Waals surface area contributed by atoms with Gasteiger partial charge in [-0.1, -0.05) is 112 Å². The number of hydrogen-bond donors (Lipinski definition) is 0. The molecule has 10 nitrogen and oxygen atoms in total. The van der Waals surface area contributed by atoms with Crippen LogP contribution in [-0.4, -0.2) is 51.7 Å². The Morgan fingerprint density at radius 2 is 0.889 bits per heavy atom. The molecule has 386 valence electrons. The number of rotatable bonds is 21. The van der Waals surface area contributed by atoms with E-state index >= 15 is 0 Å². The molecule has 0 aliphatic heterocycles. The summed E-state index contributed by atoms with van der Waals surface area (Å²) < 4.78 is 47.6. The van der Waals surface area contributed by atoms with Gasteiger partial charge in [-0.15, -0.1) is 0 Å². The third kappa shape index (κ3) is 15.0. The van der Waals surface area contributed by atoms with E-state index in [0.29, 0.717) is 34.5 Å². The molecule has 2 saturated carbocycles. The zero-order valence-corrected chi connectivity index (χ0v) is 47.4. The second-order valence-corrected chi connectivity index (χ2v) is 34.4. The Labute approximate surface area is 432 Å². The Kier molecular flexibility index (Phi) is 18.4. The highest BCUT2D eigenvalue weighted by molar-refractivity contribution is 6.87. The second kappa shape index (κ2) is 24.2. The van der Waals surface area contributed by atoms with Gasteiger partial charge in [0.1, 0.15) is 11.5 Å². The quantitative estimate of drug-likeness (QED) is 0.0400. The molecule has 0 bridgehead atoms. The van der Waals surface area contributed by atoms with Crippen molar-refractivity contribution in [3.8, 4) is 34.5 Å². The van der Waals surface area contributed by atoms with Crippen LogP contribution in [0.5, 0.6) is 34.5 Å². The first-order chi connectivity index (χ1) is 34.4. The number of hydrogen-bond acceptors (Lipinski definition) is 10. The molecule has 5 aromatic rings. The van der Waals surface area contributed by atoms with Gasteiger partial charge in [0, 0.05) is 5.41 Å². The van der Waals surface area contributed by atoms with E-state index in [9.17, 15) is 9.59 Å². The van der Waals surface area contributed by atoms with Crippen molar-refractivity contribution in [1.82, 2.24) is 0 Å². The number of methoxy groups -OCH3 is 2. The number of carbonyl (C=O) groups excluding carboxylic acids is 2. The summed E-state index contributed by atoms with van der Waals surface area (Å²) in [6, 6.07) is 39.8. The van der Waals surface area contributed by atoms with E-state index in [1.54, 1.807) is 26.4 Å². The molecular formula is C59H78O10Si3. The van der Waals surface area contributed by atoms with Crippen molar-refractivity contribution in [2.45, 2.75) is 159 Å². The van der Waals surface area contributed by atoms with Crippen molar-refractivity contribution in [2.75, 3.05) is 14.2 Å². The van der Waals surface area contributed by atoms with Gasteiger partial charge in [0.2, 0.25) is 0 Å². The molecule has 13 heteroatoms. The molecule has 0 unspecified atom stereocenters. The van der Waals surface area contributed by atoms with Gasteiger partial charge in [0.15, 0.2) is 39.6 Å².